The van der Waals surface area contributed by atoms with Gasteiger partial charge in [-0.25, -0.2) is 9.65 Å². The molecule has 6 N–H and O–H groups in total. The Morgan fingerprint density at radius 1 is 1.11 bits per heavy atom. The Kier molecular flexibility index (Phi) is 17.4. The smallest absolute Gasteiger partial charge is 0.403 e. The van der Waals surface area contributed by atoms with Crippen molar-refractivity contribution in [2.24, 2.45) is 5.73 Å². The Labute approximate surface area is 163 Å². The fourth-order valence-electron chi connectivity index (χ4n) is 2.12. The van der Waals surface area contributed by atoms with Crippen LogP contribution < -0.4 is 16.1 Å². The molecule has 1 unspecified atom stereocenters. The molecule has 1 atom stereocenters. The van der Waals surface area contributed by atoms with Crippen LogP contribution in [0.1, 0.15) is 25.7 Å². The summed E-state index contributed by atoms with van der Waals surface area (Å²) in [6.45, 7) is 4.97. The average molecular weight is 414 g/mol. The molecule has 164 valence electrons. The van der Waals surface area contributed by atoms with Crippen molar-refractivity contribution >= 4 is 14.2 Å². The minimum Gasteiger partial charge on any atom is -0.870 e. The van der Waals surface area contributed by atoms with Gasteiger partial charge >= 0.3 is 7.75 Å². The van der Waals surface area contributed by atoms with Crippen molar-refractivity contribution in [3.05, 3.63) is 0 Å². The van der Waals surface area contributed by atoms with E-state index in [1.54, 1.807) is 4.90 Å². The summed E-state index contributed by atoms with van der Waals surface area (Å²) in [6.07, 6.45) is 4.32. The second-order valence-corrected chi connectivity index (χ2v) is 8.99. The molecule has 0 aromatic carbocycles. The lowest BCUT2D eigenvalue weighted by atomic mass is 10.2. The van der Waals surface area contributed by atoms with E-state index in [0.29, 0.717) is 43.6 Å². The van der Waals surface area contributed by atoms with Gasteiger partial charge < -0.3 is 30.8 Å². The Morgan fingerprint density at radius 3 is 2.33 bits per heavy atom. The number of likely N-dealkylation sites (N-methyl/N-ethyl adjacent to an activating group) is 1. The minimum absolute atomic E-state index is 0. The first-order valence-corrected chi connectivity index (χ1v) is 10.9. The summed E-state index contributed by atoms with van der Waals surface area (Å²) in [7, 11) is 2.20. The molecule has 0 radical (unpaired) electrons. The quantitative estimate of drug-likeness (QED) is 0.104. The lowest BCUT2D eigenvalue weighted by Crippen LogP contribution is -2.37. The molecular formula is C16H40N5O5P. The van der Waals surface area contributed by atoms with Gasteiger partial charge in [0.05, 0.1) is 21.1 Å². The molecular weight excluding hydrogens is 373 g/mol. The highest BCUT2D eigenvalue weighted by Crippen LogP contribution is 2.36. The van der Waals surface area contributed by atoms with E-state index in [9.17, 15) is 14.3 Å². The van der Waals surface area contributed by atoms with Crippen molar-refractivity contribution in [2.45, 2.75) is 25.7 Å². The van der Waals surface area contributed by atoms with Gasteiger partial charge in [-0.1, -0.05) is 0 Å². The Bertz CT molecular complexity index is 409. The number of hydrogen-bond donors (Lipinski definition) is 4. The minimum atomic E-state index is -3.77. The SMILES string of the molecule is C[N+](C)(C)CCOP(=O)(O)NCCCN(C=O)CCCCNCCCN.[OH-]. The summed E-state index contributed by atoms with van der Waals surface area (Å²) in [5.41, 5.74) is 5.42. The third kappa shape index (κ3) is 20.0. The molecule has 0 aliphatic heterocycles. The molecule has 0 spiro atoms. The standard InChI is InChI=1S/C16H38N5O4P.H2O/c1-21(2,3)14-15-25-26(23,24)19-11-7-13-20(16-22)12-5-4-9-18-10-6-8-17;/h16,18H,4-15,17H2,1-3H3,(H-,19,23,24);1H2. The molecule has 0 saturated heterocycles. The highest BCUT2D eigenvalue weighted by molar-refractivity contribution is 7.50. The zero-order valence-corrected chi connectivity index (χ0v) is 18.0. The van der Waals surface area contributed by atoms with Gasteiger partial charge in [-0.15, -0.1) is 0 Å². The molecule has 0 aromatic rings. The average Bonchev–Trinajstić information content (AvgIpc) is 2.54. The van der Waals surface area contributed by atoms with Crippen molar-refractivity contribution in [3.63, 3.8) is 0 Å². The van der Waals surface area contributed by atoms with Crippen LogP contribution in [0.3, 0.4) is 0 Å². The summed E-state index contributed by atoms with van der Waals surface area (Å²) in [5, 5.41) is 5.84. The van der Waals surface area contributed by atoms with Crippen molar-refractivity contribution in [2.75, 3.05) is 73.6 Å². The van der Waals surface area contributed by atoms with Crippen LogP contribution in [-0.2, 0) is 13.9 Å². The molecule has 27 heavy (non-hydrogen) atoms. The number of carbonyl (C=O) groups excluding carboxylic acids is 1. The van der Waals surface area contributed by atoms with Crippen LogP contribution in [0.25, 0.3) is 0 Å². The van der Waals surface area contributed by atoms with E-state index in [0.717, 1.165) is 38.8 Å². The van der Waals surface area contributed by atoms with E-state index >= 15 is 0 Å². The molecule has 0 aromatic heterocycles. The van der Waals surface area contributed by atoms with Crippen LogP contribution in [0.4, 0.5) is 0 Å². The molecule has 11 heteroatoms. The van der Waals surface area contributed by atoms with Crippen LogP contribution in [0.15, 0.2) is 0 Å². The van der Waals surface area contributed by atoms with Gasteiger partial charge in [0.2, 0.25) is 6.41 Å². The number of unbranched alkanes of at least 4 members (excludes halogenated alkanes) is 1. The molecule has 0 aliphatic rings. The Morgan fingerprint density at radius 2 is 1.74 bits per heavy atom. The number of nitrogens with zero attached hydrogens (tertiary/aromatic N) is 2. The summed E-state index contributed by atoms with van der Waals surface area (Å²) in [6, 6.07) is 0. The second-order valence-electron chi connectivity index (χ2n) is 7.37. The fraction of sp³-hybridized carbons (Fsp3) is 0.938. The maximum atomic E-state index is 11.9. The topological polar surface area (TPSA) is 147 Å². The van der Waals surface area contributed by atoms with Crippen LogP contribution >= 0.6 is 7.75 Å². The molecule has 0 aliphatic carbocycles. The van der Waals surface area contributed by atoms with Gasteiger partial charge in [-0.3, -0.25) is 9.32 Å². The van der Waals surface area contributed by atoms with Gasteiger partial charge in [-0.05, 0) is 45.3 Å². The first-order valence-electron chi connectivity index (χ1n) is 9.33. The van der Waals surface area contributed by atoms with Crippen molar-refractivity contribution < 1.29 is 28.7 Å². The number of nitrogens with one attached hydrogen (secondary N) is 2. The van der Waals surface area contributed by atoms with Crippen molar-refractivity contribution in [3.8, 4) is 0 Å². The van der Waals surface area contributed by atoms with E-state index in [1.807, 2.05) is 21.1 Å². The van der Waals surface area contributed by atoms with Crippen molar-refractivity contribution in [1.82, 2.24) is 15.3 Å². The number of hydrogen-bond acceptors (Lipinski definition) is 6. The van der Waals surface area contributed by atoms with E-state index in [2.05, 4.69) is 10.4 Å². The van der Waals surface area contributed by atoms with Crippen molar-refractivity contribution in [1.29, 1.82) is 0 Å². The number of amides is 1. The summed E-state index contributed by atoms with van der Waals surface area (Å²) in [5.74, 6) is 0. The van der Waals surface area contributed by atoms with Crippen LogP contribution in [0.5, 0.6) is 0 Å². The number of quaternary nitrogens is 1. The normalized spacial score (nSPS) is 13.7. The summed E-state index contributed by atoms with van der Waals surface area (Å²) < 4.78 is 17.6. The van der Waals surface area contributed by atoms with Crippen LogP contribution in [0.2, 0.25) is 0 Å². The highest BCUT2D eigenvalue weighted by atomic mass is 31.2. The van der Waals surface area contributed by atoms with Gasteiger partial charge in [0.25, 0.3) is 0 Å². The first kappa shape index (κ1) is 28.6. The monoisotopic (exact) mass is 413 g/mol. The zero-order valence-electron chi connectivity index (χ0n) is 17.1. The second kappa shape index (κ2) is 16.4. The third-order valence-corrected chi connectivity index (χ3v) is 4.87. The molecule has 1 amide bonds. The maximum absolute atomic E-state index is 11.9. The Hall–Kier alpha value is -0.580. The highest BCUT2D eigenvalue weighted by Gasteiger charge is 2.19. The fourth-order valence-corrected chi connectivity index (χ4v) is 2.98. The lowest BCUT2D eigenvalue weighted by Gasteiger charge is -2.24. The first-order chi connectivity index (χ1) is 12.2. The third-order valence-electron chi connectivity index (χ3n) is 3.72. The van der Waals surface area contributed by atoms with E-state index in [4.69, 9.17) is 10.3 Å². The van der Waals surface area contributed by atoms with Gasteiger partial charge in [0, 0.05) is 19.6 Å². The van der Waals surface area contributed by atoms with Crippen LogP contribution in [-0.4, -0.2) is 99.7 Å². The number of carbonyl (C=O) groups is 1. The largest absolute Gasteiger partial charge is 0.870 e. The predicted octanol–water partition coefficient (Wildman–Crippen LogP) is -0.210. The van der Waals surface area contributed by atoms with Gasteiger partial charge in [0.15, 0.2) is 0 Å². The molecule has 0 rings (SSSR count). The zero-order chi connectivity index (χ0) is 19.9. The van der Waals surface area contributed by atoms with E-state index in [-0.39, 0.29) is 12.1 Å². The Balaban J connectivity index is 0. The van der Waals surface area contributed by atoms with E-state index < -0.39 is 7.75 Å². The predicted molar refractivity (Wildman–Crippen MR) is 107 cm³/mol. The van der Waals surface area contributed by atoms with Gasteiger partial charge in [-0.2, -0.15) is 0 Å². The van der Waals surface area contributed by atoms with Crippen LogP contribution in [0, 0.1) is 0 Å². The molecule has 0 bridgehead atoms. The molecule has 10 nitrogen and oxygen atoms in total. The summed E-state index contributed by atoms with van der Waals surface area (Å²) >= 11 is 0. The number of nitrogens with two attached hydrogens (primary N) is 1. The molecule has 0 saturated carbocycles. The van der Waals surface area contributed by atoms with E-state index in [1.165, 1.54) is 0 Å². The maximum Gasteiger partial charge on any atom is 0.403 e. The summed E-state index contributed by atoms with van der Waals surface area (Å²) in [4.78, 5) is 22.5. The van der Waals surface area contributed by atoms with Gasteiger partial charge in [0.1, 0.15) is 13.2 Å². The number of rotatable bonds is 18. The molecule has 0 fully saturated rings. The molecule has 0 heterocycles. The lowest BCUT2D eigenvalue weighted by molar-refractivity contribution is -0.870.